The van der Waals surface area contributed by atoms with Crippen molar-refractivity contribution in [3.63, 3.8) is 0 Å². The first-order valence-corrected chi connectivity index (χ1v) is 10.8. The van der Waals surface area contributed by atoms with Crippen molar-refractivity contribution >= 4 is 38.2 Å². The topological polar surface area (TPSA) is 123 Å². The van der Waals surface area contributed by atoms with Crippen LogP contribution in [-0.4, -0.2) is 40.4 Å². The van der Waals surface area contributed by atoms with E-state index in [1.54, 1.807) is 13.0 Å². The normalized spacial score (nSPS) is 18.3. The van der Waals surface area contributed by atoms with E-state index in [0.29, 0.717) is 11.4 Å². The number of amides is 1. The molecule has 29 heavy (non-hydrogen) atoms. The fraction of sp³-hybridized carbons (Fsp3) is 0.263. The van der Waals surface area contributed by atoms with E-state index in [2.05, 4.69) is 20.6 Å². The molecule has 1 amide bonds. The largest absolute Gasteiger partial charge is 0.335 e. The second kappa shape index (κ2) is 5.63. The van der Waals surface area contributed by atoms with Crippen LogP contribution < -0.4 is 16.2 Å². The summed E-state index contributed by atoms with van der Waals surface area (Å²) >= 11 is 0. The van der Waals surface area contributed by atoms with Crippen LogP contribution in [0.5, 0.6) is 0 Å². The average Bonchev–Trinajstić information content (AvgIpc) is 2.91. The number of hydrogen-bond donors (Lipinski definition) is 2. The third-order valence-electron chi connectivity index (χ3n) is 5.42. The van der Waals surface area contributed by atoms with Gasteiger partial charge in [-0.15, -0.1) is 0 Å². The van der Waals surface area contributed by atoms with Gasteiger partial charge >= 0.3 is 0 Å². The van der Waals surface area contributed by atoms with E-state index in [-0.39, 0.29) is 22.9 Å². The van der Waals surface area contributed by atoms with Crippen LogP contribution in [0.1, 0.15) is 21.6 Å². The van der Waals surface area contributed by atoms with E-state index in [9.17, 15) is 18.0 Å². The van der Waals surface area contributed by atoms with Crippen LogP contribution in [0.15, 0.2) is 35.4 Å². The maximum Gasteiger partial charge on any atom is 0.276 e. The molecule has 5 rings (SSSR count). The quantitative estimate of drug-likeness (QED) is 0.644. The predicted octanol–water partition coefficient (Wildman–Crippen LogP) is 0.977. The molecule has 0 saturated carbocycles. The Balaban J connectivity index is 1.68. The number of aromatic nitrogens is 3. The molecule has 2 N–H and O–H groups in total. The van der Waals surface area contributed by atoms with Gasteiger partial charge in [-0.2, -0.15) is 0 Å². The minimum atomic E-state index is -3.29. The Morgan fingerprint density at radius 1 is 1.14 bits per heavy atom. The molecule has 2 aliphatic rings. The molecule has 1 aromatic carbocycles. The van der Waals surface area contributed by atoms with E-state index in [1.165, 1.54) is 10.9 Å². The summed E-state index contributed by atoms with van der Waals surface area (Å²) < 4.78 is 24.9. The highest BCUT2D eigenvalue weighted by Gasteiger charge is 2.57. The number of anilines is 2. The van der Waals surface area contributed by atoms with Gasteiger partial charge in [0, 0.05) is 5.39 Å². The molecule has 4 heterocycles. The van der Waals surface area contributed by atoms with Gasteiger partial charge < -0.3 is 10.6 Å². The summed E-state index contributed by atoms with van der Waals surface area (Å²) in [5.74, 6) is -0.559. The van der Waals surface area contributed by atoms with Crippen molar-refractivity contribution in [3.8, 4) is 0 Å². The molecule has 2 aliphatic heterocycles. The first-order chi connectivity index (χ1) is 13.7. The highest BCUT2D eigenvalue weighted by molar-refractivity contribution is 7.92. The number of fused-ring (bicyclic) bond motifs is 3. The molecule has 148 valence electrons. The standard InChI is InChI=1S/C19H17N5O4S/c1-10-4-3-5-12-14(10)16(21-9-20-12)22-13-6-11(2)15-17(25)23-19(24(15)18(13)26)7-29(27,28)8-19/h3-6,9H,7-8H2,1-2H3,(H,23,25)(H,20,21,22). The van der Waals surface area contributed by atoms with Crippen LogP contribution in [-0.2, 0) is 15.5 Å². The predicted molar refractivity (Wildman–Crippen MR) is 107 cm³/mol. The van der Waals surface area contributed by atoms with Crippen molar-refractivity contribution in [2.45, 2.75) is 19.5 Å². The second-order valence-electron chi connectivity index (χ2n) is 7.56. The van der Waals surface area contributed by atoms with Crippen molar-refractivity contribution in [1.82, 2.24) is 19.9 Å². The first kappa shape index (κ1) is 17.8. The fourth-order valence-electron chi connectivity index (χ4n) is 4.24. The minimum absolute atomic E-state index is 0.194. The summed E-state index contributed by atoms with van der Waals surface area (Å²) in [6.45, 7) is 3.64. The van der Waals surface area contributed by atoms with Crippen LogP contribution in [0.4, 0.5) is 11.5 Å². The third kappa shape index (κ3) is 2.48. The molecule has 1 saturated heterocycles. The van der Waals surface area contributed by atoms with Gasteiger partial charge in [0.25, 0.3) is 11.5 Å². The Bertz CT molecular complexity index is 1380. The Hall–Kier alpha value is -3.27. The Labute approximate surface area is 165 Å². The van der Waals surface area contributed by atoms with Gasteiger partial charge in [0.1, 0.15) is 29.2 Å². The smallest absolute Gasteiger partial charge is 0.276 e. The third-order valence-corrected chi connectivity index (χ3v) is 7.26. The summed E-state index contributed by atoms with van der Waals surface area (Å²) in [6, 6.07) is 7.26. The van der Waals surface area contributed by atoms with Gasteiger partial charge in [0.2, 0.25) is 0 Å². The summed E-state index contributed by atoms with van der Waals surface area (Å²) in [5, 5.41) is 6.55. The maximum atomic E-state index is 13.3. The van der Waals surface area contributed by atoms with Gasteiger partial charge in [0.05, 0.1) is 17.0 Å². The van der Waals surface area contributed by atoms with Crippen molar-refractivity contribution in [2.24, 2.45) is 0 Å². The molecule has 3 aromatic rings. The van der Waals surface area contributed by atoms with Crippen molar-refractivity contribution in [3.05, 3.63) is 57.8 Å². The van der Waals surface area contributed by atoms with Crippen LogP contribution in [0, 0.1) is 13.8 Å². The summed E-state index contributed by atoms with van der Waals surface area (Å²) in [7, 11) is -3.29. The van der Waals surface area contributed by atoms with Crippen molar-refractivity contribution in [1.29, 1.82) is 0 Å². The number of benzene rings is 1. The highest BCUT2D eigenvalue weighted by Crippen LogP contribution is 2.35. The van der Waals surface area contributed by atoms with Crippen LogP contribution in [0.25, 0.3) is 10.9 Å². The summed E-state index contributed by atoms with van der Waals surface area (Å²) in [5.41, 5.74) is 0.976. The molecule has 0 atom stereocenters. The molecule has 1 fully saturated rings. The molecule has 2 aromatic heterocycles. The lowest BCUT2D eigenvalue weighted by Crippen LogP contribution is -2.64. The molecule has 10 heteroatoms. The summed E-state index contributed by atoms with van der Waals surface area (Å²) in [6.07, 6.45) is 1.41. The zero-order chi connectivity index (χ0) is 20.6. The number of sulfone groups is 1. The maximum absolute atomic E-state index is 13.3. The zero-order valence-corrected chi connectivity index (χ0v) is 16.5. The van der Waals surface area contributed by atoms with E-state index in [1.807, 2.05) is 25.1 Å². The molecule has 0 radical (unpaired) electrons. The Morgan fingerprint density at radius 3 is 2.62 bits per heavy atom. The zero-order valence-electron chi connectivity index (χ0n) is 15.7. The van der Waals surface area contributed by atoms with Crippen LogP contribution in [0.2, 0.25) is 0 Å². The first-order valence-electron chi connectivity index (χ1n) is 8.98. The average molecular weight is 411 g/mol. The fourth-order valence-corrected chi connectivity index (χ4v) is 6.01. The molecule has 0 aliphatic carbocycles. The lowest BCUT2D eigenvalue weighted by molar-refractivity contribution is 0.0931. The van der Waals surface area contributed by atoms with Gasteiger partial charge in [-0.25, -0.2) is 18.4 Å². The van der Waals surface area contributed by atoms with Gasteiger partial charge in [0.15, 0.2) is 9.84 Å². The van der Waals surface area contributed by atoms with Gasteiger partial charge in [-0.3, -0.25) is 14.2 Å². The molecular weight excluding hydrogens is 394 g/mol. The Morgan fingerprint density at radius 2 is 1.90 bits per heavy atom. The number of hydrogen-bond acceptors (Lipinski definition) is 7. The highest BCUT2D eigenvalue weighted by atomic mass is 32.2. The SMILES string of the molecule is Cc1cc(Nc2ncnc3cccc(C)c23)c(=O)n2c1C(=O)NC21CS(=O)(=O)C1. The molecular formula is C19H17N5O4S. The molecule has 0 bridgehead atoms. The molecule has 0 unspecified atom stereocenters. The number of carbonyl (C=O) groups excluding carboxylic acids is 1. The lowest BCUT2D eigenvalue weighted by Gasteiger charge is -2.38. The number of carbonyl (C=O) groups is 1. The van der Waals surface area contributed by atoms with Gasteiger partial charge in [-0.1, -0.05) is 12.1 Å². The van der Waals surface area contributed by atoms with Gasteiger partial charge in [-0.05, 0) is 37.1 Å². The van der Waals surface area contributed by atoms with E-state index >= 15 is 0 Å². The number of nitrogens with one attached hydrogen (secondary N) is 2. The Kier molecular flexibility index (Phi) is 3.46. The number of pyridine rings is 1. The number of aryl methyl sites for hydroxylation is 2. The van der Waals surface area contributed by atoms with Crippen LogP contribution in [0.3, 0.4) is 0 Å². The number of nitrogens with zero attached hydrogens (tertiary/aromatic N) is 3. The summed E-state index contributed by atoms with van der Waals surface area (Å²) in [4.78, 5) is 34.3. The second-order valence-corrected chi connectivity index (χ2v) is 9.63. The van der Waals surface area contributed by atoms with E-state index in [0.717, 1.165) is 16.5 Å². The minimum Gasteiger partial charge on any atom is -0.335 e. The van der Waals surface area contributed by atoms with E-state index in [4.69, 9.17) is 0 Å². The monoisotopic (exact) mass is 411 g/mol. The molecule has 9 nitrogen and oxygen atoms in total. The lowest BCUT2D eigenvalue weighted by atomic mass is 10.1. The van der Waals surface area contributed by atoms with Crippen molar-refractivity contribution < 1.29 is 13.2 Å². The van der Waals surface area contributed by atoms with Crippen LogP contribution >= 0.6 is 0 Å². The number of rotatable bonds is 2. The van der Waals surface area contributed by atoms with Crippen molar-refractivity contribution in [2.75, 3.05) is 16.8 Å². The van der Waals surface area contributed by atoms with E-state index < -0.39 is 27.0 Å². The molecule has 1 spiro atoms.